The molecule has 1 aromatic rings. The fourth-order valence-corrected chi connectivity index (χ4v) is 5.88. The first-order chi connectivity index (χ1) is 15.2. The van der Waals surface area contributed by atoms with Gasteiger partial charge in [0.1, 0.15) is 0 Å². The lowest BCUT2D eigenvalue weighted by molar-refractivity contribution is -0.137. The van der Waals surface area contributed by atoms with Crippen LogP contribution < -0.4 is 5.32 Å². The average Bonchev–Trinajstić information content (AvgIpc) is 2.77. The van der Waals surface area contributed by atoms with E-state index in [9.17, 15) is 21.6 Å². The van der Waals surface area contributed by atoms with Crippen LogP contribution in [0.2, 0.25) is 0 Å². The molecule has 0 spiro atoms. The first kappa shape index (κ1) is 27.1. The van der Waals surface area contributed by atoms with Crippen LogP contribution in [0, 0.1) is 5.92 Å². The predicted octanol–water partition coefficient (Wildman–Crippen LogP) is 6.22. The van der Waals surface area contributed by atoms with Crippen molar-refractivity contribution in [1.82, 2.24) is 9.62 Å². The normalized spacial score (nSPS) is 20.1. The third-order valence-corrected chi connectivity index (χ3v) is 8.54. The molecule has 8 heteroatoms. The Kier molecular flexibility index (Phi) is 11.0. The average molecular weight is 477 g/mol. The maximum absolute atomic E-state index is 12.9. The Morgan fingerprint density at radius 3 is 2.09 bits per heavy atom. The number of nitrogens with one attached hydrogen (secondary N) is 1. The van der Waals surface area contributed by atoms with Gasteiger partial charge in [-0.15, -0.1) is 0 Å². The van der Waals surface area contributed by atoms with E-state index in [4.69, 9.17) is 0 Å². The molecule has 4 nitrogen and oxygen atoms in total. The van der Waals surface area contributed by atoms with Crippen LogP contribution in [0.1, 0.15) is 83.1 Å². The number of rotatable bonds is 13. The molecule has 32 heavy (non-hydrogen) atoms. The second-order valence-electron chi connectivity index (χ2n) is 9.02. The summed E-state index contributed by atoms with van der Waals surface area (Å²) >= 11 is 0. The second-order valence-corrected chi connectivity index (χ2v) is 11.0. The highest BCUT2D eigenvalue weighted by molar-refractivity contribution is 7.89. The molecule has 0 heterocycles. The molecule has 0 bridgehead atoms. The molecule has 0 aliphatic heterocycles. The predicted molar refractivity (Wildman–Crippen MR) is 123 cm³/mol. The molecule has 0 unspecified atom stereocenters. The molecule has 0 aromatic heterocycles. The van der Waals surface area contributed by atoms with Crippen molar-refractivity contribution >= 4 is 10.0 Å². The Balaban J connectivity index is 1.71. The van der Waals surface area contributed by atoms with Gasteiger partial charge in [-0.25, -0.2) is 8.42 Å². The minimum absolute atomic E-state index is 0.0848. The van der Waals surface area contributed by atoms with E-state index in [0.29, 0.717) is 5.92 Å². The summed E-state index contributed by atoms with van der Waals surface area (Å²) in [6.45, 7) is 4.41. The molecule has 0 atom stereocenters. The van der Waals surface area contributed by atoms with Crippen molar-refractivity contribution < 1.29 is 21.6 Å². The Bertz CT molecular complexity index is 758. The largest absolute Gasteiger partial charge is 0.416 e. The lowest BCUT2D eigenvalue weighted by atomic mass is 9.83. The first-order valence-electron chi connectivity index (χ1n) is 12.0. The number of hydrogen-bond donors (Lipinski definition) is 1. The topological polar surface area (TPSA) is 49.4 Å². The molecular formula is C24H39F3N2O2S. The van der Waals surface area contributed by atoms with E-state index >= 15 is 0 Å². The summed E-state index contributed by atoms with van der Waals surface area (Å²) in [6.07, 6.45) is 7.78. The summed E-state index contributed by atoms with van der Waals surface area (Å²) < 4.78 is 65.3. The number of alkyl halides is 3. The maximum atomic E-state index is 12.9. The van der Waals surface area contributed by atoms with Crippen molar-refractivity contribution in [2.45, 2.75) is 94.7 Å². The van der Waals surface area contributed by atoms with Crippen LogP contribution in [-0.2, 0) is 16.2 Å². The van der Waals surface area contributed by atoms with Gasteiger partial charge in [-0.05, 0) is 81.8 Å². The minimum Gasteiger partial charge on any atom is -0.317 e. The summed E-state index contributed by atoms with van der Waals surface area (Å²) in [6, 6.07) is 3.68. The van der Waals surface area contributed by atoms with Gasteiger partial charge in [0, 0.05) is 13.1 Å². The van der Waals surface area contributed by atoms with Crippen LogP contribution in [0.4, 0.5) is 13.2 Å². The van der Waals surface area contributed by atoms with Crippen LogP contribution in [0.25, 0.3) is 0 Å². The molecular weight excluding hydrogens is 437 g/mol. The summed E-state index contributed by atoms with van der Waals surface area (Å²) in [5, 5.41) is 3.50. The van der Waals surface area contributed by atoms with Gasteiger partial charge in [-0.1, -0.05) is 39.0 Å². The summed E-state index contributed by atoms with van der Waals surface area (Å²) in [4.78, 5) is -0.0848. The summed E-state index contributed by atoms with van der Waals surface area (Å²) in [7, 11) is -2.25. The third kappa shape index (κ3) is 8.34. The van der Waals surface area contributed by atoms with Gasteiger partial charge in [0.15, 0.2) is 0 Å². The van der Waals surface area contributed by atoms with Crippen LogP contribution in [0.15, 0.2) is 29.2 Å². The number of nitrogens with zero attached hydrogens (tertiary/aromatic N) is 1. The molecule has 184 valence electrons. The zero-order valence-electron chi connectivity index (χ0n) is 19.5. The molecule has 1 fully saturated rings. The Labute approximate surface area is 192 Å². The van der Waals surface area contributed by atoms with Crippen molar-refractivity contribution in [3.05, 3.63) is 29.8 Å². The molecule has 1 aromatic carbocycles. The van der Waals surface area contributed by atoms with E-state index in [1.165, 1.54) is 49.3 Å². The van der Waals surface area contributed by atoms with E-state index in [1.54, 1.807) is 7.05 Å². The highest BCUT2D eigenvalue weighted by Gasteiger charge is 2.33. The van der Waals surface area contributed by atoms with E-state index in [-0.39, 0.29) is 10.9 Å². The van der Waals surface area contributed by atoms with E-state index < -0.39 is 21.8 Å². The van der Waals surface area contributed by atoms with Gasteiger partial charge < -0.3 is 5.32 Å². The van der Waals surface area contributed by atoms with Crippen LogP contribution in [-0.4, -0.2) is 38.9 Å². The van der Waals surface area contributed by atoms with Crippen molar-refractivity contribution in [3.8, 4) is 0 Å². The maximum Gasteiger partial charge on any atom is 0.416 e. The smallest absolute Gasteiger partial charge is 0.317 e. The number of benzene rings is 1. The quantitative estimate of drug-likeness (QED) is 0.344. The molecule has 0 amide bonds. The van der Waals surface area contributed by atoms with Gasteiger partial charge >= 0.3 is 6.18 Å². The van der Waals surface area contributed by atoms with Gasteiger partial charge in [-0.2, -0.15) is 17.5 Å². The number of unbranched alkanes of at least 4 members (excludes halogenated alkanes) is 4. The molecule has 0 saturated heterocycles. The second kappa shape index (κ2) is 12.9. The van der Waals surface area contributed by atoms with Crippen LogP contribution in [0.5, 0.6) is 0 Å². The van der Waals surface area contributed by atoms with E-state index in [0.717, 1.165) is 63.0 Å². The van der Waals surface area contributed by atoms with E-state index in [2.05, 4.69) is 12.2 Å². The lowest BCUT2D eigenvalue weighted by Crippen LogP contribution is -2.39. The number of hydrogen-bond acceptors (Lipinski definition) is 3. The fraction of sp³-hybridized carbons (Fsp3) is 0.750. The highest BCUT2D eigenvalue weighted by Crippen LogP contribution is 2.34. The fourth-order valence-electron chi connectivity index (χ4n) is 4.46. The Hall–Kier alpha value is -1.12. The molecule has 1 N–H and O–H groups in total. The van der Waals surface area contributed by atoms with Gasteiger partial charge in [0.2, 0.25) is 10.0 Å². The standard InChI is InChI=1S/C24H39F3N2O2S/c1-3-4-7-18-28-19-8-5-6-9-20-10-14-22(15-11-20)29(2)32(30,31)23-16-12-21(13-17-23)24(25,26)27/h12-13,16-17,20,22,28H,3-11,14-15,18-19H2,1-2H3. The zero-order valence-corrected chi connectivity index (χ0v) is 20.3. The van der Waals surface area contributed by atoms with Gasteiger partial charge in [0.05, 0.1) is 10.5 Å². The van der Waals surface area contributed by atoms with Gasteiger partial charge in [-0.3, -0.25) is 0 Å². The molecule has 1 aliphatic rings. The highest BCUT2D eigenvalue weighted by atomic mass is 32.2. The summed E-state index contributed by atoms with van der Waals surface area (Å²) in [5.41, 5.74) is -0.841. The monoisotopic (exact) mass is 476 g/mol. The van der Waals surface area contributed by atoms with Crippen molar-refractivity contribution in [2.24, 2.45) is 5.92 Å². The molecule has 2 rings (SSSR count). The molecule has 1 aliphatic carbocycles. The van der Waals surface area contributed by atoms with Crippen molar-refractivity contribution in [3.63, 3.8) is 0 Å². The van der Waals surface area contributed by atoms with Crippen LogP contribution in [0.3, 0.4) is 0 Å². The Morgan fingerprint density at radius 2 is 1.53 bits per heavy atom. The molecule has 0 radical (unpaired) electrons. The minimum atomic E-state index is -4.47. The third-order valence-electron chi connectivity index (χ3n) is 6.61. The van der Waals surface area contributed by atoms with Gasteiger partial charge in [0.25, 0.3) is 0 Å². The molecule has 1 saturated carbocycles. The number of sulfonamides is 1. The Morgan fingerprint density at radius 1 is 0.938 bits per heavy atom. The summed E-state index contributed by atoms with van der Waals surface area (Å²) in [5.74, 6) is 0.644. The van der Waals surface area contributed by atoms with Crippen molar-refractivity contribution in [1.29, 1.82) is 0 Å². The first-order valence-corrected chi connectivity index (χ1v) is 13.5. The SMILES string of the molecule is CCCCCNCCCCCC1CCC(N(C)S(=O)(=O)c2ccc(C(F)(F)F)cc2)CC1. The van der Waals surface area contributed by atoms with Crippen molar-refractivity contribution in [2.75, 3.05) is 20.1 Å². The van der Waals surface area contributed by atoms with E-state index in [1.807, 2.05) is 0 Å². The lowest BCUT2D eigenvalue weighted by Gasteiger charge is -2.34. The number of halogens is 3. The zero-order chi connectivity index (χ0) is 23.6. The van der Waals surface area contributed by atoms with Crippen LogP contribution >= 0.6 is 0 Å².